The topological polar surface area (TPSA) is 88.2 Å². The van der Waals surface area contributed by atoms with Crippen molar-refractivity contribution in [1.82, 2.24) is 4.98 Å². The lowest BCUT2D eigenvalue weighted by atomic mass is 10.4. The molecule has 0 saturated carbocycles. The van der Waals surface area contributed by atoms with E-state index >= 15 is 0 Å². The Bertz CT molecular complexity index is 330. The predicted molar refractivity (Wildman–Crippen MR) is 49.8 cm³/mol. The van der Waals surface area contributed by atoms with Crippen molar-refractivity contribution in [3.8, 4) is 0 Å². The fourth-order valence-corrected chi connectivity index (χ4v) is 0.928. The summed E-state index contributed by atoms with van der Waals surface area (Å²) in [4.78, 5) is 14.0. The number of carboxylic acids is 1. The zero-order chi connectivity index (χ0) is 9.84. The Labute approximate surface area is 79.5 Å². The van der Waals surface area contributed by atoms with Gasteiger partial charge in [0.1, 0.15) is 12.4 Å². The van der Waals surface area contributed by atoms with Crippen LogP contribution in [0.15, 0.2) is 12.3 Å². The Morgan fingerprint density at radius 3 is 3.00 bits per heavy atom. The molecule has 0 bridgehead atoms. The van der Waals surface area contributed by atoms with Gasteiger partial charge in [0.25, 0.3) is 0 Å². The van der Waals surface area contributed by atoms with E-state index in [1.807, 2.05) is 0 Å². The summed E-state index contributed by atoms with van der Waals surface area (Å²) in [5, 5.41) is 11.3. The van der Waals surface area contributed by atoms with Gasteiger partial charge < -0.3 is 16.2 Å². The van der Waals surface area contributed by atoms with Crippen molar-refractivity contribution >= 4 is 29.1 Å². The van der Waals surface area contributed by atoms with Gasteiger partial charge in [-0.05, 0) is 6.07 Å². The van der Waals surface area contributed by atoms with Crippen LogP contribution in [0, 0.1) is 0 Å². The lowest BCUT2D eigenvalue weighted by Gasteiger charge is -2.05. The number of carboxylic acid groups (broad SMARTS) is 1. The largest absolute Gasteiger partial charge is 0.480 e. The lowest BCUT2D eigenvalue weighted by molar-refractivity contribution is -0.134. The van der Waals surface area contributed by atoms with E-state index in [1.54, 1.807) is 0 Å². The van der Waals surface area contributed by atoms with Crippen LogP contribution in [0.25, 0.3) is 0 Å². The molecule has 0 aliphatic heterocycles. The minimum atomic E-state index is -0.976. The molecular weight excluding hydrogens is 194 g/mol. The van der Waals surface area contributed by atoms with Gasteiger partial charge in [0.05, 0.1) is 10.7 Å². The maximum atomic E-state index is 10.2. The fourth-order valence-electron chi connectivity index (χ4n) is 0.762. The van der Waals surface area contributed by atoms with Gasteiger partial charge in [0.15, 0.2) is 0 Å². The summed E-state index contributed by atoms with van der Waals surface area (Å²) in [5.41, 5.74) is 5.83. The number of nitrogens with one attached hydrogen (secondary N) is 1. The van der Waals surface area contributed by atoms with Gasteiger partial charge in [0, 0.05) is 6.20 Å². The third-order valence-corrected chi connectivity index (χ3v) is 1.50. The average molecular weight is 202 g/mol. The lowest BCUT2D eigenvalue weighted by Crippen LogP contribution is -2.14. The van der Waals surface area contributed by atoms with Crippen LogP contribution in [-0.4, -0.2) is 22.6 Å². The van der Waals surface area contributed by atoms with Gasteiger partial charge in [-0.3, -0.25) is 4.79 Å². The van der Waals surface area contributed by atoms with Crippen LogP contribution in [-0.2, 0) is 4.79 Å². The Balaban J connectivity index is 2.72. The molecule has 1 aromatic heterocycles. The van der Waals surface area contributed by atoms with Crippen LogP contribution in [0.5, 0.6) is 0 Å². The van der Waals surface area contributed by atoms with Gasteiger partial charge in [0.2, 0.25) is 0 Å². The van der Waals surface area contributed by atoms with Crippen molar-refractivity contribution in [2.75, 3.05) is 17.6 Å². The maximum Gasteiger partial charge on any atom is 0.322 e. The Morgan fingerprint density at radius 1 is 1.77 bits per heavy atom. The second-order valence-corrected chi connectivity index (χ2v) is 2.78. The summed E-state index contributed by atoms with van der Waals surface area (Å²) in [6.45, 7) is -0.223. The molecule has 0 aliphatic rings. The Hall–Kier alpha value is -1.49. The number of pyridine rings is 1. The van der Waals surface area contributed by atoms with Crippen LogP contribution < -0.4 is 11.1 Å². The molecule has 0 atom stereocenters. The van der Waals surface area contributed by atoms with Crippen molar-refractivity contribution in [2.45, 2.75) is 0 Å². The third-order valence-electron chi connectivity index (χ3n) is 1.29. The van der Waals surface area contributed by atoms with Gasteiger partial charge in [-0.2, -0.15) is 0 Å². The number of hydrogen-bond acceptors (Lipinski definition) is 4. The smallest absolute Gasteiger partial charge is 0.322 e. The zero-order valence-electron chi connectivity index (χ0n) is 6.62. The van der Waals surface area contributed by atoms with E-state index in [2.05, 4.69) is 10.3 Å². The summed E-state index contributed by atoms with van der Waals surface area (Å²) >= 11 is 5.59. The monoisotopic (exact) mass is 201 g/mol. The van der Waals surface area contributed by atoms with Gasteiger partial charge in [-0.15, -0.1) is 0 Å². The fraction of sp³-hybridized carbons (Fsp3) is 0.143. The molecule has 0 aromatic carbocycles. The SMILES string of the molecule is Nc1cc(Cl)cnc1NCC(=O)O. The second-order valence-electron chi connectivity index (χ2n) is 2.34. The van der Waals surface area contributed by atoms with E-state index in [-0.39, 0.29) is 6.54 Å². The minimum Gasteiger partial charge on any atom is -0.480 e. The number of halogens is 1. The molecule has 0 aliphatic carbocycles. The van der Waals surface area contributed by atoms with Gasteiger partial charge in [-0.25, -0.2) is 4.98 Å². The van der Waals surface area contributed by atoms with Crippen molar-refractivity contribution in [2.24, 2.45) is 0 Å². The molecule has 0 spiro atoms. The van der Waals surface area contributed by atoms with Crippen LogP contribution in [0.3, 0.4) is 0 Å². The molecule has 4 N–H and O–H groups in total. The summed E-state index contributed by atoms with van der Waals surface area (Å²) in [6, 6.07) is 1.50. The highest BCUT2D eigenvalue weighted by Gasteiger charge is 2.02. The van der Waals surface area contributed by atoms with Crippen molar-refractivity contribution in [1.29, 1.82) is 0 Å². The molecule has 0 radical (unpaired) electrons. The molecule has 0 saturated heterocycles. The number of hydrogen-bond donors (Lipinski definition) is 3. The number of nitrogens with zero attached hydrogens (tertiary/aromatic N) is 1. The minimum absolute atomic E-state index is 0.223. The number of nitrogens with two attached hydrogens (primary N) is 1. The molecule has 0 unspecified atom stereocenters. The molecule has 0 amide bonds. The van der Waals surface area contributed by atoms with Crippen molar-refractivity contribution in [3.05, 3.63) is 17.3 Å². The van der Waals surface area contributed by atoms with Gasteiger partial charge >= 0.3 is 5.97 Å². The number of aliphatic carboxylic acids is 1. The quantitative estimate of drug-likeness (QED) is 0.674. The first-order valence-electron chi connectivity index (χ1n) is 3.46. The Morgan fingerprint density at radius 2 is 2.46 bits per heavy atom. The van der Waals surface area contributed by atoms with Crippen LogP contribution in [0.2, 0.25) is 5.02 Å². The summed E-state index contributed by atoms with van der Waals surface area (Å²) in [7, 11) is 0. The van der Waals surface area contributed by atoms with E-state index in [4.69, 9.17) is 22.4 Å². The molecule has 70 valence electrons. The average Bonchev–Trinajstić information content (AvgIpc) is 2.02. The molecule has 6 heteroatoms. The molecule has 1 rings (SSSR count). The highest BCUT2D eigenvalue weighted by atomic mass is 35.5. The second kappa shape index (κ2) is 3.95. The molecule has 0 fully saturated rings. The number of anilines is 2. The third kappa shape index (κ3) is 2.79. The first kappa shape index (κ1) is 9.60. The highest BCUT2D eigenvalue weighted by Crippen LogP contribution is 2.18. The van der Waals surface area contributed by atoms with E-state index < -0.39 is 5.97 Å². The van der Waals surface area contributed by atoms with Crippen LogP contribution in [0.1, 0.15) is 0 Å². The van der Waals surface area contributed by atoms with Crippen LogP contribution >= 0.6 is 11.6 Å². The number of nitrogen functional groups attached to an aromatic ring is 1. The molecule has 1 aromatic rings. The van der Waals surface area contributed by atoms with E-state index in [0.717, 1.165) is 0 Å². The predicted octanol–water partition coefficient (Wildman–Crippen LogP) is 0.814. The van der Waals surface area contributed by atoms with Crippen molar-refractivity contribution < 1.29 is 9.90 Å². The first-order chi connectivity index (χ1) is 6.09. The number of rotatable bonds is 3. The van der Waals surface area contributed by atoms with E-state index in [1.165, 1.54) is 12.3 Å². The summed E-state index contributed by atoms with van der Waals surface area (Å²) in [5.74, 6) is -0.650. The van der Waals surface area contributed by atoms with Crippen molar-refractivity contribution in [3.63, 3.8) is 0 Å². The number of aromatic nitrogens is 1. The molecule has 5 nitrogen and oxygen atoms in total. The summed E-state index contributed by atoms with van der Waals surface area (Å²) < 4.78 is 0. The normalized spacial score (nSPS) is 9.62. The van der Waals surface area contributed by atoms with Crippen LogP contribution in [0.4, 0.5) is 11.5 Å². The molecule has 1 heterocycles. The zero-order valence-corrected chi connectivity index (χ0v) is 7.38. The first-order valence-corrected chi connectivity index (χ1v) is 3.84. The van der Waals surface area contributed by atoms with Gasteiger partial charge in [-0.1, -0.05) is 11.6 Å². The molecular formula is C7H8ClN3O2. The molecule has 13 heavy (non-hydrogen) atoms. The standard InChI is InChI=1S/C7H8ClN3O2/c8-4-1-5(9)7(10-2-4)11-3-6(12)13/h1-2H,3,9H2,(H,10,11)(H,12,13). The maximum absolute atomic E-state index is 10.2. The Kier molecular flexibility index (Phi) is 2.92. The van der Waals surface area contributed by atoms with E-state index in [9.17, 15) is 4.79 Å². The number of carbonyl (C=O) groups is 1. The van der Waals surface area contributed by atoms with E-state index in [0.29, 0.717) is 16.5 Å². The summed E-state index contributed by atoms with van der Waals surface area (Å²) in [6.07, 6.45) is 1.39. The highest BCUT2D eigenvalue weighted by molar-refractivity contribution is 6.30.